The van der Waals surface area contributed by atoms with Crippen molar-refractivity contribution in [2.24, 2.45) is 5.92 Å². The quantitative estimate of drug-likeness (QED) is 0.701. The molecule has 0 aliphatic carbocycles. The van der Waals surface area contributed by atoms with Crippen LogP contribution >= 0.6 is 0 Å². The predicted molar refractivity (Wildman–Crippen MR) is 105 cm³/mol. The molecule has 0 radical (unpaired) electrons. The summed E-state index contributed by atoms with van der Waals surface area (Å²) in [6.07, 6.45) is 0.783. The normalized spacial score (nSPS) is 12.1. The van der Waals surface area contributed by atoms with E-state index < -0.39 is 0 Å². The van der Waals surface area contributed by atoms with Crippen LogP contribution in [0.15, 0.2) is 53.3 Å². The number of pyridine rings is 1. The van der Waals surface area contributed by atoms with Crippen LogP contribution in [0.5, 0.6) is 0 Å². The van der Waals surface area contributed by atoms with E-state index in [0.29, 0.717) is 30.5 Å². The van der Waals surface area contributed by atoms with E-state index in [9.17, 15) is 14.0 Å². The Morgan fingerprint density at radius 3 is 2.70 bits per heavy atom. The minimum Gasteiger partial charge on any atom is -0.356 e. The average Bonchev–Trinajstić information content (AvgIpc) is 2.64. The molecule has 1 atom stereocenters. The lowest BCUT2D eigenvalue weighted by Gasteiger charge is -2.13. The monoisotopic (exact) mass is 366 g/mol. The third-order valence-corrected chi connectivity index (χ3v) is 4.70. The Hall–Kier alpha value is -2.95. The zero-order valence-electron chi connectivity index (χ0n) is 15.5. The molecule has 2 N–H and O–H groups in total. The zero-order chi connectivity index (χ0) is 19.4. The summed E-state index contributed by atoms with van der Waals surface area (Å²) in [4.78, 5) is 27.3. The summed E-state index contributed by atoms with van der Waals surface area (Å²) in [6, 6.07) is 14.2. The van der Waals surface area contributed by atoms with Crippen molar-refractivity contribution in [3.05, 3.63) is 81.4 Å². The van der Waals surface area contributed by atoms with Gasteiger partial charge in [0.15, 0.2) is 0 Å². The van der Waals surface area contributed by atoms with E-state index >= 15 is 0 Å². The van der Waals surface area contributed by atoms with Crippen LogP contribution in [0.3, 0.4) is 0 Å². The lowest BCUT2D eigenvalue weighted by Crippen LogP contribution is -2.32. The first-order valence-electron chi connectivity index (χ1n) is 9.07. The van der Waals surface area contributed by atoms with Crippen LogP contribution in [0.25, 0.3) is 10.9 Å². The number of hydrogen-bond donors (Lipinski definition) is 2. The summed E-state index contributed by atoms with van der Waals surface area (Å²) in [5, 5.41) is 3.82. The highest BCUT2D eigenvalue weighted by Gasteiger charge is 2.15. The number of halogens is 1. The highest BCUT2D eigenvalue weighted by molar-refractivity contribution is 5.80. The predicted octanol–water partition coefficient (Wildman–Crippen LogP) is 3.51. The van der Waals surface area contributed by atoms with Crippen LogP contribution in [0, 0.1) is 18.7 Å². The van der Waals surface area contributed by atoms with Crippen LogP contribution in [0.1, 0.15) is 23.6 Å². The van der Waals surface area contributed by atoms with Gasteiger partial charge in [-0.1, -0.05) is 36.8 Å². The number of rotatable bonds is 6. The number of amides is 1. The number of benzene rings is 2. The van der Waals surface area contributed by atoms with E-state index in [1.165, 1.54) is 6.07 Å². The maximum absolute atomic E-state index is 13.7. The Labute approximate surface area is 157 Å². The van der Waals surface area contributed by atoms with E-state index in [0.717, 1.165) is 16.5 Å². The molecule has 27 heavy (non-hydrogen) atoms. The molecule has 0 spiro atoms. The molecule has 3 aromatic rings. The summed E-state index contributed by atoms with van der Waals surface area (Å²) >= 11 is 0. The van der Waals surface area contributed by atoms with Crippen molar-refractivity contribution in [1.82, 2.24) is 10.3 Å². The Morgan fingerprint density at radius 2 is 1.93 bits per heavy atom. The van der Waals surface area contributed by atoms with Gasteiger partial charge >= 0.3 is 0 Å². The molecule has 0 saturated heterocycles. The fraction of sp³-hybridized carbons (Fsp3) is 0.273. The number of aryl methyl sites for hydroxylation is 1. The Kier molecular flexibility index (Phi) is 5.69. The first-order chi connectivity index (χ1) is 12.9. The maximum Gasteiger partial charge on any atom is 0.251 e. The topological polar surface area (TPSA) is 62.0 Å². The zero-order valence-corrected chi connectivity index (χ0v) is 15.5. The van der Waals surface area contributed by atoms with Crippen molar-refractivity contribution >= 4 is 16.8 Å². The molecule has 0 fully saturated rings. The number of carbonyl (C=O) groups excluding carboxylic acids is 1. The molecule has 5 heteroatoms. The first-order valence-corrected chi connectivity index (χ1v) is 9.07. The number of hydrogen-bond acceptors (Lipinski definition) is 2. The number of nitrogens with one attached hydrogen (secondary N) is 2. The fourth-order valence-electron chi connectivity index (χ4n) is 3.14. The Morgan fingerprint density at radius 1 is 1.15 bits per heavy atom. The molecular formula is C22H23FN2O2. The van der Waals surface area contributed by atoms with E-state index in [-0.39, 0.29) is 23.2 Å². The maximum atomic E-state index is 13.7. The van der Waals surface area contributed by atoms with Crippen LogP contribution in [-0.2, 0) is 17.6 Å². The molecule has 1 amide bonds. The lowest BCUT2D eigenvalue weighted by molar-refractivity contribution is -0.124. The molecule has 0 bridgehead atoms. The number of aromatic nitrogens is 1. The first kappa shape index (κ1) is 18.8. The van der Waals surface area contributed by atoms with Crippen molar-refractivity contribution in [3.63, 3.8) is 0 Å². The van der Waals surface area contributed by atoms with Crippen LogP contribution in [-0.4, -0.2) is 17.4 Å². The second-order valence-electron chi connectivity index (χ2n) is 6.95. The molecule has 140 valence electrons. The molecule has 0 saturated carbocycles. The summed E-state index contributed by atoms with van der Waals surface area (Å²) < 4.78 is 13.7. The number of fused-ring (bicyclic) bond motifs is 1. The van der Waals surface area contributed by atoms with Gasteiger partial charge in [-0.2, -0.15) is 0 Å². The SMILES string of the molecule is Cc1ccc2[nH]c(=O)c(CCNC(=O)C(C)Cc3ccccc3F)cc2c1. The second kappa shape index (κ2) is 8.16. The van der Waals surface area contributed by atoms with Crippen LogP contribution in [0.4, 0.5) is 4.39 Å². The molecule has 2 aromatic carbocycles. The smallest absolute Gasteiger partial charge is 0.251 e. The highest BCUT2D eigenvalue weighted by atomic mass is 19.1. The van der Waals surface area contributed by atoms with Crippen molar-refractivity contribution in [2.75, 3.05) is 6.54 Å². The summed E-state index contributed by atoms with van der Waals surface area (Å²) in [5.74, 6) is -0.791. The molecule has 0 aliphatic heterocycles. The van der Waals surface area contributed by atoms with Gasteiger partial charge in [0.05, 0.1) is 0 Å². The van der Waals surface area contributed by atoms with Gasteiger partial charge in [0.25, 0.3) is 5.56 Å². The average molecular weight is 366 g/mol. The molecule has 1 aromatic heterocycles. The minimum absolute atomic E-state index is 0.139. The van der Waals surface area contributed by atoms with Gasteiger partial charge in [-0.05, 0) is 55.0 Å². The molecular weight excluding hydrogens is 343 g/mol. The van der Waals surface area contributed by atoms with Gasteiger partial charge in [0.1, 0.15) is 5.82 Å². The standard InChI is InChI=1S/C22H23FN2O2/c1-14-7-8-20-18(11-14)13-17(22(27)25-20)9-10-24-21(26)15(2)12-16-5-3-4-6-19(16)23/h3-8,11,13,15H,9-10,12H2,1-2H3,(H,24,26)(H,25,27). The lowest BCUT2D eigenvalue weighted by atomic mass is 10.00. The van der Waals surface area contributed by atoms with Crippen molar-refractivity contribution in [1.29, 1.82) is 0 Å². The fourth-order valence-corrected chi connectivity index (χ4v) is 3.14. The Bertz CT molecular complexity index is 1030. The van der Waals surface area contributed by atoms with E-state index in [1.54, 1.807) is 25.1 Å². The van der Waals surface area contributed by atoms with E-state index in [2.05, 4.69) is 10.3 Å². The van der Waals surface area contributed by atoms with Crippen LogP contribution in [0.2, 0.25) is 0 Å². The molecule has 1 heterocycles. The molecule has 0 aliphatic rings. The van der Waals surface area contributed by atoms with Gasteiger partial charge in [-0.3, -0.25) is 9.59 Å². The van der Waals surface area contributed by atoms with Gasteiger partial charge in [0.2, 0.25) is 5.91 Å². The van der Waals surface area contributed by atoms with Gasteiger partial charge in [-0.25, -0.2) is 4.39 Å². The minimum atomic E-state index is -0.348. The van der Waals surface area contributed by atoms with Gasteiger partial charge < -0.3 is 10.3 Å². The number of aromatic amines is 1. The Balaban J connectivity index is 1.60. The van der Waals surface area contributed by atoms with Crippen molar-refractivity contribution in [3.8, 4) is 0 Å². The second-order valence-corrected chi connectivity index (χ2v) is 6.95. The summed E-state index contributed by atoms with van der Waals surface area (Å²) in [6.45, 7) is 4.13. The van der Waals surface area contributed by atoms with Gasteiger partial charge in [-0.15, -0.1) is 0 Å². The summed E-state index contributed by atoms with van der Waals surface area (Å²) in [5.41, 5.74) is 2.95. The van der Waals surface area contributed by atoms with Crippen LogP contribution < -0.4 is 10.9 Å². The third-order valence-electron chi connectivity index (χ3n) is 4.70. The largest absolute Gasteiger partial charge is 0.356 e. The number of carbonyl (C=O) groups is 1. The van der Waals surface area contributed by atoms with E-state index in [4.69, 9.17) is 0 Å². The molecule has 1 unspecified atom stereocenters. The summed E-state index contributed by atoms with van der Waals surface area (Å²) in [7, 11) is 0. The van der Waals surface area contributed by atoms with E-state index in [1.807, 2.05) is 31.2 Å². The molecule has 4 nitrogen and oxygen atoms in total. The van der Waals surface area contributed by atoms with Crippen molar-refractivity contribution < 1.29 is 9.18 Å². The number of H-pyrrole nitrogens is 1. The van der Waals surface area contributed by atoms with Gasteiger partial charge in [0, 0.05) is 23.5 Å². The highest BCUT2D eigenvalue weighted by Crippen LogP contribution is 2.14. The third kappa shape index (κ3) is 4.61. The van der Waals surface area contributed by atoms with Crippen molar-refractivity contribution in [2.45, 2.75) is 26.7 Å². The molecule has 3 rings (SSSR count).